The molecule has 0 aliphatic rings. The van der Waals surface area contributed by atoms with E-state index in [0.29, 0.717) is 13.1 Å². The number of benzene rings is 1. The van der Waals surface area contributed by atoms with Gasteiger partial charge in [-0.1, -0.05) is 18.2 Å². The van der Waals surface area contributed by atoms with E-state index in [0.717, 1.165) is 22.9 Å². The number of hydrogen-bond donors (Lipinski definition) is 3. The smallest absolute Gasteiger partial charge is 0.191 e. The molecule has 6 nitrogen and oxygen atoms in total. The van der Waals surface area contributed by atoms with Gasteiger partial charge in [-0.25, -0.2) is 0 Å². The van der Waals surface area contributed by atoms with E-state index < -0.39 is 0 Å². The number of aromatic amines is 1. The second kappa shape index (κ2) is 6.78. The van der Waals surface area contributed by atoms with Gasteiger partial charge in [0.25, 0.3) is 0 Å². The molecule has 0 radical (unpaired) electrons. The average Bonchev–Trinajstić information content (AvgIpc) is 3.09. The number of fused-ring (bicyclic) bond motifs is 1. The van der Waals surface area contributed by atoms with Crippen LogP contribution in [0.1, 0.15) is 22.6 Å². The summed E-state index contributed by atoms with van der Waals surface area (Å²) in [6.45, 7) is 5.51. The maximum Gasteiger partial charge on any atom is 0.191 e. The predicted molar refractivity (Wildman–Crippen MR) is 98.0 cm³/mol. The highest BCUT2D eigenvalue weighted by Gasteiger charge is 2.10. The number of nitrogens with one attached hydrogen (secondary N) is 3. The van der Waals surface area contributed by atoms with E-state index in [1.807, 2.05) is 30.8 Å². The zero-order valence-corrected chi connectivity index (χ0v) is 14.6. The highest BCUT2D eigenvalue weighted by molar-refractivity contribution is 5.81. The van der Waals surface area contributed by atoms with E-state index in [1.165, 1.54) is 16.6 Å². The zero-order valence-electron chi connectivity index (χ0n) is 14.6. The molecule has 0 saturated heterocycles. The quantitative estimate of drug-likeness (QED) is 0.510. The number of rotatable bonds is 4. The van der Waals surface area contributed by atoms with Crippen molar-refractivity contribution in [1.82, 2.24) is 25.4 Å². The van der Waals surface area contributed by atoms with Gasteiger partial charge in [-0.15, -0.1) is 0 Å². The summed E-state index contributed by atoms with van der Waals surface area (Å²) in [5, 5.41) is 12.4. The topological polar surface area (TPSA) is 70.0 Å². The van der Waals surface area contributed by atoms with Crippen molar-refractivity contribution in [2.45, 2.75) is 26.9 Å². The van der Waals surface area contributed by atoms with Crippen molar-refractivity contribution in [3.05, 3.63) is 53.0 Å². The molecule has 2 heterocycles. The van der Waals surface area contributed by atoms with Crippen LogP contribution in [0.5, 0.6) is 0 Å². The molecule has 0 aliphatic heterocycles. The summed E-state index contributed by atoms with van der Waals surface area (Å²) in [5.74, 6) is 0.774. The van der Waals surface area contributed by atoms with Gasteiger partial charge in [-0.05, 0) is 31.4 Å². The predicted octanol–water partition coefficient (Wildman–Crippen LogP) is 2.38. The molecule has 24 heavy (non-hydrogen) atoms. The lowest BCUT2D eigenvalue weighted by atomic mass is 10.2. The number of hydrogen-bond acceptors (Lipinski definition) is 2. The molecule has 2 aromatic heterocycles. The van der Waals surface area contributed by atoms with E-state index in [4.69, 9.17) is 0 Å². The monoisotopic (exact) mass is 324 g/mol. The molecular formula is C18H24N6. The normalized spacial score (nSPS) is 11.9. The van der Waals surface area contributed by atoms with Crippen LogP contribution in [0.25, 0.3) is 10.9 Å². The van der Waals surface area contributed by atoms with E-state index >= 15 is 0 Å². The minimum Gasteiger partial charge on any atom is -0.357 e. The zero-order chi connectivity index (χ0) is 17.1. The molecule has 1 aromatic carbocycles. The van der Waals surface area contributed by atoms with Crippen LogP contribution in [0.4, 0.5) is 0 Å². The number of guanidine groups is 1. The first-order valence-electron chi connectivity index (χ1n) is 8.08. The van der Waals surface area contributed by atoms with E-state index in [-0.39, 0.29) is 0 Å². The third-order valence-electron chi connectivity index (χ3n) is 4.35. The van der Waals surface area contributed by atoms with Crippen molar-refractivity contribution < 1.29 is 0 Å². The first-order valence-corrected chi connectivity index (χ1v) is 8.08. The molecule has 6 heteroatoms. The Hall–Kier alpha value is -2.76. The van der Waals surface area contributed by atoms with Gasteiger partial charge in [0.1, 0.15) is 0 Å². The summed E-state index contributed by atoms with van der Waals surface area (Å²) in [7, 11) is 3.75. The molecule has 3 rings (SSSR count). The van der Waals surface area contributed by atoms with Gasteiger partial charge in [-0.3, -0.25) is 9.67 Å². The summed E-state index contributed by atoms with van der Waals surface area (Å²) >= 11 is 0. The molecular weight excluding hydrogens is 300 g/mol. The van der Waals surface area contributed by atoms with Crippen LogP contribution < -0.4 is 10.6 Å². The molecule has 0 saturated carbocycles. The number of nitrogens with zero attached hydrogens (tertiary/aromatic N) is 3. The summed E-state index contributed by atoms with van der Waals surface area (Å²) in [5.41, 5.74) is 5.72. The molecule has 3 N–H and O–H groups in total. The van der Waals surface area contributed by atoms with E-state index in [1.54, 1.807) is 7.05 Å². The van der Waals surface area contributed by atoms with Gasteiger partial charge in [0, 0.05) is 43.1 Å². The lowest BCUT2D eigenvalue weighted by molar-refractivity contribution is 0.728. The Balaban J connectivity index is 1.61. The van der Waals surface area contributed by atoms with Crippen LogP contribution in [-0.2, 0) is 20.1 Å². The third-order valence-corrected chi connectivity index (χ3v) is 4.35. The Labute approximate surface area is 142 Å². The fraction of sp³-hybridized carbons (Fsp3) is 0.333. The second-order valence-corrected chi connectivity index (χ2v) is 5.93. The van der Waals surface area contributed by atoms with Gasteiger partial charge in [0.15, 0.2) is 5.96 Å². The molecule has 0 fully saturated rings. The first kappa shape index (κ1) is 16.1. The summed E-state index contributed by atoms with van der Waals surface area (Å²) in [4.78, 5) is 7.70. The third kappa shape index (κ3) is 3.27. The molecule has 0 spiro atoms. The van der Waals surface area contributed by atoms with Crippen LogP contribution in [0.15, 0.2) is 35.3 Å². The fourth-order valence-electron chi connectivity index (χ4n) is 2.87. The number of aromatic nitrogens is 3. The second-order valence-electron chi connectivity index (χ2n) is 5.93. The van der Waals surface area contributed by atoms with Crippen LogP contribution >= 0.6 is 0 Å². The minimum absolute atomic E-state index is 0.694. The van der Waals surface area contributed by atoms with Crippen molar-refractivity contribution in [2.75, 3.05) is 7.05 Å². The van der Waals surface area contributed by atoms with Gasteiger partial charge in [0.05, 0.1) is 12.2 Å². The van der Waals surface area contributed by atoms with Gasteiger partial charge in [-0.2, -0.15) is 5.10 Å². The Morgan fingerprint density at radius 2 is 1.96 bits per heavy atom. The van der Waals surface area contributed by atoms with Gasteiger partial charge >= 0.3 is 0 Å². The standard InChI is InChI=1S/C18H24N6/c1-12-16(13(2)24(4)23-12)11-21-18(19-3)20-10-15-9-14-7-5-6-8-17(14)22-15/h5-9,22H,10-11H2,1-4H3,(H2,19,20,21). The summed E-state index contributed by atoms with van der Waals surface area (Å²) in [6, 6.07) is 10.4. The molecule has 0 amide bonds. The SMILES string of the molecule is CN=C(NCc1cc2ccccc2[nH]1)NCc1c(C)nn(C)c1C. The fourth-order valence-corrected chi connectivity index (χ4v) is 2.87. The number of aliphatic imine (C=N–C) groups is 1. The van der Waals surface area contributed by atoms with Crippen molar-refractivity contribution in [3.8, 4) is 0 Å². The summed E-state index contributed by atoms with van der Waals surface area (Å²) < 4.78 is 1.91. The average molecular weight is 324 g/mol. The summed E-state index contributed by atoms with van der Waals surface area (Å²) in [6.07, 6.45) is 0. The van der Waals surface area contributed by atoms with Gasteiger partial charge < -0.3 is 15.6 Å². The van der Waals surface area contributed by atoms with Crippen molar-refractivity contribution in [3.63, 3.8) is 0 Å². The molecule has 0 bridgehead atoms. The van der Waals surface area contributed by atoms with Gasteiger partial charge in [0.2, 0.25) is 0 Å². The molecule has 126 valence electrons. The van der Waals surface area contributed by atoms with Crippen LogP contribution in [0.3, 0.4) is 0 Å². The first-order chi connectivity index (χ1) is 11.6. The highest BCUT2D eigenvalue weighted by Crippen LogP contribution is 2.14. The molecule has 0 aliphatic carbocycles. The maximum atomic E-state index is 4.44. The van der Waals surface area contributed by atoms with E-state index in [2.05, 4.69) is 50.8 Å². The Bertz CT molecular complexity index is 838. The highest BCUT2D eigenvalue weighted by atomic mass is 15.3. The minimum atomic E-state index is 0.694. The molecule has 3 aromatic rings. The lowest BCUT2D eigenvalue weighted by Gasteiger charge is -2.11. The maximum absolute atomic E-state index is 4.44. The number of aryl methyl sites for hydroxylation is 2. The van der Waals surface area contributed by atoms with Crippen molar-refractivity contribution >= 4 is 16.9 Å². The van der Waals surface area contributed by atoms with Crippen molar-refractivity contribution in [2.24, 2.45) is 12.0 Å². The molecule has 0 unspecified atom stereocenters. The number of para-hydroxylation sites is 1. The van der Waals surface area contributed by atoms with Crippen LogP contribution in [0.2, 0.25) is 0 Å². The Kier molecular flexibility index (Phi) is 4.55. The van der Waals surface area contributed by atoms with Crippen LogP contribution in [-0.4, -0.2) is 27.8 Å². The number of H-pyrrole nitrogens is 1. The lowest BCUT2D eigenvalue weighted by Crippen LogP contribution is -2.36. The Morgan fingerprint density at radius 1 is 1.21 bits per heavy atom. The van der Waals surface area contributed by atoms with E-state index in [9.17, 15) is 0 Å². The Morgan fingerprint density at radius 3 is 2.62 bits per heavy atom. The largest absolute Gasteiger partial charge is 0.357 e. The van der Waals surface area contributed by atoms with Crippen molar-refractivity contribution in [1.29, 1.82) is 0 Å². The molecule has 0 atom stereocenters. The van der Waals surface area contributed by atoms with Crippen LogP contribution in [0, 0.1) is 13.8 Å².